The van der Waals surface area contributed by atoms with E-state index in [-0.39, 0.29) is 12.6 Å². The number of fused-ring (bicyclic) bond motifs is 1. The first kappa shape index (κ1) is 10.4. The molecule has 17 heavy (non-hydrogen) atoms. The molecular formula is C10H13N5O2. The van der Waals surface area contributed by atoms with Crippen LogP contribution in [0.25, 0.3) is 11.0 Å². The van der Waals surface area contributed by atoms with E-state index in [9.17, 15) is 5.11 Å². The number of hydrogen-bond donors (Lipinski definition) is 2. The Hall–Kier alpha value is -1.73. The number of hydrogen-bond acceptors (Lipinski definition) is 6. The van der Waals surface area contributed by atoms with Crippen LogP contribution in [0.4, 0.5) is 5.82 Å². The van der Waals surface area contributed by atoms with Crippen LogP contribution in [0.1, 0.15) is 18.2 Å². The van der Waals surface area contributed by atoms with Gasteiger partial charge in [-0.15, -0.1) is 0 Å². The molecule has 7 nitrogen and oxygen atoms in total. The van der Waals surface area contributed by atoms with Crippen molar-refractivity contribution in [1.29, 1.82) is 0 Å². The minimum atomic E-state index is -0.172. The fourth-order valence-corrected chi connectivity index (χ4v) is 2.15. The molecule has 0 aromatic carbocycles. The maximum atomic E-state index is 9.30. The summed E-state index contributed by atoms with van der Waals surface area (Å²) in [6.07, 6.45) is 2.30. The minimum Gasteiger partial charge on any atom is -0.390 e. The van der Waals surface area contributed by atoms with Gasteiger partial charge in [-0.2, -0.15) is 5.10 Å². The number of rotatable bonds is 2. The fraction of sp³-hybridized carbons (Fsp3) is 0.500. The smallest absolute Gasteiger partial charge is 0.164 e. The molecule has 0 bridgehead atoms. The molecule has 0 saturated carbocycles. The van der Waals surface area contributed by atoms with Crippen molar-refractivity contribution < 1.29 is 9.84 Å². The average Bonchev–Trinajstić information content (AvgIpc) is 2.95. The predicted molar refractivity (Wildman–Crippen MR) is 60.1 cm³/mol. The van der Waals surface area contributed by atoms with Gasteiger partial charge in [0, 0.05) is 6.61 Å². The van der Waals surface area contributed by atoms with Crippen molar-refractivity contribution in [3.63, 3.8) is 0 Å². The Morgan fingerprint density at radius 3 is 3.12 bits per heavy atom. The normalized spacial score (nSPS) is 20.2. The third kappa shape index (κ3) is 1.55. The van der Waals surface area contributed by atoms with Crippen LogP contribution in [-0.2, 0) is 11.3 Å². The monoisotopic (exact) mass is 235 g/mol. The number of aromatic nitrogens is 4. The Balaban J connectivity index is 2.21. The number of aliphatic hydroxyl groups is 1. The average molecular weight is 235 g/mol. The van der Waals surface area contributed by atoms with Crippen LogP contribution in [0.3, 0.4) is 0 Å². The molecule has 0 unspecified atom stereocenters. The third-order valence-electron chi connectivity index (χ3n) is 2.99. The highest BCUT2D eigenvalue weighted by Gasteiger charge is 2.23. The van der Waals surface area contributed by atoms with Crippen molar-refractivity contribution in [2.75, 3.05) is 18.9 Å². The first-order chi connectivity index (χ1) is 8.31. The van der Waals surface area contributed by atoms with Gasteiger partial charge in [0.05, 0.1) is 24.6 Å². The molecule has 0 amide bonds. The second kappa shape index (κ2) is 3.94. The van der Waals surface area contributed by atoms with Gasteiger partial charge in [0.2, 0.25) is 0 Å². The van der Waals surface area contributed by atoms with Crippen LogP contribution in [-0.4, -0.2) is 38.1 Å². The van der Waals surface area contributed by atoms with Crippen molar-refractivity contribution >= 4 is 16.9 Å². The van der Waals surface area contributed by atoms with Crippen LogP contribution >= 0.6 is 0 Å². The Labute approximate surface area is 97.2 Å². The van der Waals surface area contributed by atoms with E-state index in [1.807, 2.05) is 0 Å². The molecule has 2 aromatic heterocycles. The molecule has 90 valence electrons. The first-order valence-corrected chi connectivity index (χ1v) is 5.47. The minimum absolute atomic E-state index is 0.159. The number of aliphatic hydroxyl groups excluding tert-OH is 1. The van der Waals surface area contributed by atoms with E-state index < -0.39 is 0 Å². The maximum absolute atomic E-state index is 9.30. The van der Waals surface area contributed by atoms with Crippen molar-refractivity contribution in [3.05, 3.63) is 12.0 Å². The summed E-state index contributed by atoms with van der Waals surface area (Å²) in [7, 11) is 0. The Morgan fingerprint density at radius 2 is 2.41 bits per heavy atom. The molecule has 3 rings (SSSR count). The van der Waals surface area contributed by atoms with Gasteiger partial charge in [0.15, 0.2) is 5.65 Å². The van der Waals surface area contributed by atoms with Gasteiger partial charge in [0.1, 0.15) is 17.8 Å². The van der Waals surface area contributed by atoms with Gasteiger partial charge in [-0.05, 0) is 6.42 Å². The van der Waals surface area contributed by atoms with E-state index >= 15 is 0 Å². The molecule has 0 spiro atoms. The lowest BCUT2D eigenvalue weighted by Crippen LogP contribution is -2.11. The number of ether oxygens (including phenoxy) is 1. The second-order valence-corrected chi connectivity index (χ2v) is 4.02. The molecule has 7 heteroatoms. The molecule has 1 saturated heterocycles. The number of nitrogen functional groups attached to an aromatic ring is 1. The standard InChI is InChI=1S/C10H13N5O2/c11-9-8-7(3-16)14-15(6-1-2-17-4-6)10(8)13-5-12-9/h5-6,16H,1-4H2,(H2,11,12,13)/t6-/m0/s1. The van der Waals surface area contributed by atoms with Crippen LogP contribution < -0.4 is 5.73 Å². The van der Waals surface area contributed by atoms with Crippen LogP contribution in [0.5, 0.6) is 0 Å². The van der Waals surface area contributed by atoms with E-state index in [1.165, 1.54) is 6.33 Å². The van der Waals surface area contributed by atoms with E-state index in [0.717, 1.165) is 13.0 Å². The topological polar surface area (TPSA) is 99.1 Å². The van der Waals surface area contributed by atoms with E-state index in [2.05, 4.69) is 15.1 Å². The van der Waals surface area contributed by atoms with Crippen molar-refractivity contribution in [2.45, 2.75) is 19.1 Å². The zero-order valence-corrected chi connectivity index (χ0v) is 9.20. The summed E-state index contributed by atoms with van der Waals surface area (Å²) in [5.74, 6) is 0.351. The zero-order valence-electron chi connectivity index (χ0n) is 9.20. The molecule has 2 aromatic rings. The number of nitrogens with zero attached hydrogens (tertiary/aromatic N) is 4. The summed E-state index contributed by atoms with van der Waals surface area (Å²) in [5, 5.41) is 14.3. The fourth-order valence-electron chi connectivity index (χ4n) is 2.15. The lowest BCUT2D eigenvalue weighted by Gasteiger charge is -2.08. The maximum Gasteiger partial charge on any atom is 0.164 e. The molecule has 3 N–H and O–H groups in total. The molecule has 0 radical (unpaired) electrons. The summed E-state index contributed by atoms with van der Waals surface area (Å²) >= 11 is 0. The van der Waals surface area contributed by atoms with Gasteiger partial charge in [-0.25, -0.2) is 14.6 Å². The van der Waals surface area contributed by atoms with Gasteiger partial charge >= 0.3 is 0 Å². The molecular weight excluding hydrogens is 222 g/mol. The van der Waals surface area contributed by atoms with Crippen molar-refractivity contribution in [3.8, 4) is 0 Å². The predicted octanol–water partition coefficient (Wildman–Crippen LogP) is -0.138. The summed E-state index contributed by atoms with van der Waals surface area (Å²) in [6.45, 7) is 1.17. The van der Waals surface area contributed by atoms with E-state index in [4.69, 9.17) is 10.5 Å². The molecule has 1 aliphatic rings. The second-order valence-electron chi connectivity index (χ2n) is 4.02. The van der Waals surface area contributed by atoms with E-state index in [0.29, 0.717) is 29.2 Å². The lowest BCUT2D eigenvalue weighted by molar-refractivity contribution is 0.184. The largest absolute Gasteiger partial charge is 0.390 e. The van der Waals surface area contributed by atoms with E-state index in [1.54, 1.807) is 4.68 Å². The van der Waals surface area contributed by atoms with Crippen LogP contribution in [0, 0.1) is 0 Å². The van der Waals surface area contributed by atoms with Crippen molar-refractivity contribution in [2.24, 2.45) is 0 Å². The molecule has 0 aliphatic carbocycles. The summed E-state index contributed by atoms with van der Waals surface area (Å²) in [4.78, 5) is 8.12. The number of anilines is 1. The number of nitrogens with two attached hydrogens (primary N) is 1. The summed E-state index contributed by atoms with van der Waals surface area (Å²) in [6, 6.07) is 0.159. The van der Waals surface area contributed by atoms with Gasteiger partial charge in [-0.1, -0.05) is 0 Å². The summed E-state index contributed by atoms with van der Waals surface area (Å²) in [5.41, 5.74) is 6.98. The highest BCUT2D eigenvalue weighted by atomic mass is 16.5. The van der Waals surface area contributed by atoms with Gasteiger partial charge < -0.3 is 15.6 Å². The first-order valence-electron chi connectivity index (χ1n) is 5.47. The Bertz CT molecular complexity index is 547. The highest BCUT2D eigenvalue weighted by Crippen LogP contribution is 2.27. The lowest BCUT2D eigenvalue weighted by atomic mass is 10.2. The molecule has 1 fully saturated rings. The Kier molecular flexibility index (Phi) is 2.41. The van der Waals surface area contributed by atoms with Crippen LogP contribution in [0.2, 0.25) is 0 Å². The van der Waals surface area contributed by atoms with Gasteiger partial charge in [-0.3, -0.25) is 0 Å². The molecule has 1 atom stereocenters. The summed E-state index contributed by atoms with van der Waals surface area (Å²) < 4.78 is 7.12. The van der Waals surface area contributed by atoms with Crippen LogP contribution in [0.15, 0.2) is 6.33 Å². The SMILES string of the molecule is Nc1ncnc2c1c(CO)nn2[C@H]1CCOC1. The highest BCUT2D eigenvalue weighted by molar-refractivity contribution is 5.88. The zero-order chi connectivity index (χ0) is 11.8. The molecule has 1 aliphatic heterocycles. The van der Waals surface area contributed by atoms with Crippen molar-refractivity contribution in [1.82, 2.24) is 19.7 Å². The third-order valence-corrected chi connectivity index (χ3v) is 2.99. The quantitative estimate of drug-likeness (QED) is 0.751. The van der Waals surface area contributed by atoms with Gasteiger partial charge in [0.25, 0.3) is 0 Å². The molecule has 3 heterocycles. The Morgan fingerprint density at radius 1 is 1.53 bits per heavy atom.